The van der Waals surface area contributed by atoms with Gasteiger partial charge in [0.05, 0.1) is 23.9 Å². The molecule has 0 fully saturated rings. The molecule has 4 rings (SSSR count). The van der Waals surface area contributed by atoms with Crippen molar-refractivity contribution in [3.8, 4) is 0 Å². The first-order valence-electron chi connectivity index (χ1n) is 9.59. The number of aromatic nitrogens is 6. The van der Waals surface area contributed by atoms with Crippen molar-refractivity contribution < 1.29 is 0 Å². The van der Waals surface area contributed by atoms with Crippen LogP contribution < -0.4 is 11.1 Å². The molecule has 1 atom stereocenters. The molecule has 0 aliphatic heterocycles. The number of H-pyrrole nitrogens is 1. The number of nitrogens with two attached hydrogens (primary N) is 1. The summed E-state index contributed by atoms with van der Waals surface area (Å²) in [4.78, 5) is 7.42. The first-order valence-corrected chi connectivity index (χ1v) is 9.97. The van der Waals surface area contributed by atoms with Gasteiger partial charge in [-0.1, -0.05) is 48.5 Å². The third-order valence-electron chi connectivity index (χ3n) is 4.80. The normalized spacial score (nSPS) is 13.0. The number of benzene rings is 2. The predicted octanol–water partition coefficient (Wildman–Crippen LogP) is 3.99. The van der Waals surface area contributed by atoms with Crippen LogP contribution in [0.15, 0.2) is 85.4 Å². The standard InChI is InChI=1S/C22H21ClN8/c1-2-15(7-5-11-24)21(27-17-9-10-19-20(12-17)26-14-25-19)22-28-29-30-31(22)13-16-6-3-4-8-18(16)23/h2-12,14,21,27H,1,13,24H2,(H,25,26)/b11-5-,15-7+. The van der Waals surface area contributed by atoms with Gasteiger partial charge in [0.15, 0.2) is 5.82 Å². The molecule has 31 heavy (non-hydrogen) atoms. The summed E-state index contributed by atoms with van der Waals surface area (Å²) in [6.07, 6.45) is 8.48. The van der Waals surface area contributed by atoms with Crippen molar-refractivity contribution in [2.75, 3.05) is 5.32 Å². The zero-order valence-corrected chi connectivity index (χ0v) is 17.4. The molecule has 0 radical (unpaired) electrons. The SMILES string of the molecule is C=C/C(=C\C=C/N)C(Nc1ccc2[nH]cnc2c1)c1nnnn1Cc1ccccc1Cl. The maximum Gasteiger partial charge on any atom is 0.178 e. The van der Waals surface area contributed by atoms with Crippen LogP contribution in [0.2, 0.25) is 5.02 Å². The maximum absolute atomic E-state index is 6.35. The van der Waals surface area contributed by atoms with Crippen LogP contribution in [-0.4, -0.2) is 30.2 Å². The number of allylic oxidation sites excluding steroid dienone is 2. The Balaban J connectivity index is 1.73. The lowest BCUT2D eigenvalue weighted by Gasteiger charge is -2.21. The number of imidazole rings is 1. The molecule has 0 bridgehead atoms. The van der Waals surface area contributed by atoms with E-state index in [4.69, 9.17) is 17.3 Å². The minimum absolute atomic E-state index is 0.387. The predicted molar refractivity (Wildman–Crippen MR) is 122 cm³/mol. The summed E-state index contributed by atoms with van der Waals surface area (Å²) < 4.78 is 1.72. The molecule has 0 saturated heterocycles. The van der Waals surface area contributed by atoms with Gasteiger partial charge in [-0.15, -0.1) is 5.10 Å². The van der Waals surface area contributed by atoms with Crippen molar-refractivity contribution in [3.05, 3.63) is 102 Å². The van der Waals surface area contributed by atoms with Gasteiger partial charge in [0.1, 0.15) is 6.04 Å². The Morgan fingerprint density at radius 3 is 2.97 bits per heavy atom. The number of halogens is 1. The second kappa shape index (κ2) is 9.27. The fourth-order valence-electron chi connectivity index (χ4n) is 3.25. The molecule has 4 aromatic rings. The third-order valence-corrected chi connectivity index (χ3v) is 5.17. The van der Waals surface area contributed by atoms with E-state index < -0.39 is 0 Å². The lowest BCUT2D eigenvalue weighted by atomic mass is 10.0. The highest BCUT2D eigenvalue weighted by atomic mass is 35.5. The first kappa shape index (κ1) is 20.4. The van der Waals surface area contributed by atoms with Crippen LogP contribution in [0.1, 0.15) is 17.4 Å². The van der Waals surface area contributed by atoms with Crippen molar-refractivity contribution in [1.82, 2.24) is 30.2 Å². The average Bonchev–Trinajstić information content (AvgIpc) is 3.44. The van der Waals surface area contributed by atoms with E-state index in [1.165, 1.54) is 6.20 Å². The molecule has 2 aromatic heterocycles. The molecule has 4 N–H and O–H groups in total. The van der Waals surface area contributed by atoms with E-state index in [1.807, 2.05) is 48.5 Å². The van der Waals surface area contributed by atoms with Crippen LogP contribution in [0.4, 0.5) is 5.69 Å². The Kier molecular flexibility index (Phi) is 6.09. The minimum atomic E-state index is -0.387. The number of tetrazole rings is 1. The number of nitrogens with one attached hydrogen (secondary N) is 2. The third kappa shape index (κ3) is 4.49. The summed E-state index contributed by atoms with van der Waals surface area (Å²) in [5, 5.41) is 16.5. The van der Waals surface area contributed by atoms with E-state index in [-0.39, 0.29) is 6.04 Å². The summed E-state index contributed by atoms with van der Waals surface area (Å²) in [7, 11) is 0. The van der Waals surface area contributed by atoms with Crippen molar-refractivity contribution >= 4 is 28.3 Å². The van der Waals surface area contributed by atoms with Crippen molar-refractivity contribution in [1.29, 1.82) is 0 Å². The minimum Gasteiger partial charge on any atom is -0.405 e. The van der Waals surface area contributed by atoms with Crippen molar-refractivity contribution in [2.45, 2.75) is 12.6 Å². The Labute approximate surface area is 184 Å². The lowest BCUT2D eigenvalue weighted by molar-refractivity contribution is 0.607. The number of fused-ring (bicyclic) bond motifs is 1. The van der Waals surface area contributed by atoms with Crippen LogP contribution in [0.5, 0.6) is 0 Å². The van der Waals surface area contributed by atoms with E-state index in [0.717, 1.165) is 27.9 Å². The van der Waals surface area contributed by atoms with Crippen LogP contribution in [0, 0.1) is 0 Å². The van der Waals surface area contributed by atoms with E-state index in [0.29, 0.717) is 17.4 Å². The molecule has 0 spiro atoms. The molecule has 2 heterocycles. The smallest absolute Gasteiger partial charge is 0.178 e. The summed E-state index contributed by atoms with van der Waals surface area (Å²) in [6, 6.07) is 13.1. The fraction of sp³-hybridized carbons (Fsp3) is 0.0909. The molecule has 0 amide bonds. The largest absolute Gasteiger partial charge is 0.405 e. The fourth-order valence-corrected chi connectivity index (χ4v) is 3.45. The van der Waals surface area contributed by atoms with E-state index in [2.05, 4.69) is 37.4 Å². The molecule has 0 aliphatic carbocycles. The number of anilines is 1. The van der Waals surface area contributed by atoms with Gasteiger partial charge in [-0.25, -0.2) is 9.67 Å². The number of hydrogen-bond donors (Lipinski definition) is 3. The van der Waals surface area contributed by atoms with Gasteiger partial charge in [-0.2, -0.15) is 0 Å². The molecular formula is C22H21ClN8. The highest BCUT2D eigenvalue weighted by molar-refractivity contribution is 6.31. The first-order chi connectivity index (χ1) is 15.2. The second-order valence-corrected chi connectivity index (χ2v) is 7.16. The van der Waals surface area contributed by atoms with Crippen LogP contribution in [0.25, 0.3) is 11.0 Å². The summed E-state index contributed by atoms with van der Waals surface area (Å²) >= 11 is 6.35. The number of nitrogens with zero attached hydrogens (tertiary/aromatic N) is 5. The Bertz CT molecular complexity index is 1250. The zero-order valence-electron chi connectivity index (χ0n) is 16.6. The van der Waals surface area contributed by atoms with E-state index in [1.54, 1.807) is 23.2 Å². The highest BCUT2D eigenvalue weighted by Crippen LogP contribution is 2.28. The highest BCUT2D eigenvalue weighted by Gasteiger charge is 2.22. The molecule has 1 unspecified atom stereocenters. The number of rotatable bonds is 8. The van der Waals surface area contributed by atoms with Gasteiger partial charge >= 0.3 is 0 Å². The van der Waals surface area contributed by atoms with Crippen LogP contribution >= 0.6 is 11.6 Å². The summed E-state index contributed by atoms with van der Waals surface area (Å²) in [5.74, 6) is 0.610. The lowest BCUT2D eigenvalue weighted by Crippen LogP contribution is -2.19. The molecular weight excluding hydrogens is 412 g/mol. The topological polar surface area (TPSA) is 110 Å². The van der Waals surface area contributed by atoms with Crippen LogP contribution in [0.3, 0.4) is 0 Å². The van der Waals surface area contributed by atoms with Crippen molar-refractivity contribution in [2.24, 2.45) is 5.73 Å². The molecule has 2 aromatic carbocycles. The average molecular weight is 433 g/mol. The van der Waals surface area contributed by atoms with E-state index in [9.17, 15) is 0 Å². The van der Waals surface area contributed by atoms with Gasteiger partial charge in [0, 0.05) is 10.7 Å². The Hall–Kier alpha value is -3.91. The molecule has 8 nitrogen and oxygen atoms in total. The van der Waals surface area contributed by atoms with Crippen LogP contribution in [-0.2, 0) is 6.54 Å². The summed E-state index contributed by atoms with van der Waals surface area (Å²) in [5.41, 5.74) is 9.98. The van der Waals surface area contributed by atoms with Gasteiger partial charge in [-0.05, 0) is 58.1 Å². The number of aromatic amines is 1. The van der Waals surface area contributed by atoms with Gasteiger partial charge in [0.2, 0.25) is 0 Å². The van der Waals surface area contributed by atoms with E-state index >= 15 is 0 Å². The van der Waals surface area contributed by atoms with Gasteiger partial charge < -0.3 is 16.0 Å². The summed E-state index contributed by atoms with van der Waals surface area (Å²) in [6.45, 7) is 4.38. The molecule has 9 heteroatoms. The quantitative estimate of drug-likeness (QED) is 0.363. The second-order valence-electron chi connectivity index (χ2n) is 6.75. The van der Waals surface area contributed by atoms with Gasteiger partial charge in [-0.3, -0.25) is 0 Å². The molecule has 0 aliphatic rings. The molecule has 156 valence electrons. The Morgan fingerprint density at radius 2 is 2.16 bits per heavy atom. The van der Waals surface area contributed by atoms with Crippen molar-refractivity contribution in [3.63, 3.8) is 0 Å². The van der Waals surface area contributed by atoms with Gasteiger partial charge in [0.25, 0.3) is 0 Å². The molecule has 0 saturated carbocycles. The monoisotopic (exact) mass is 432 g/mol. The maximum atomic E-state index is 6.35. The zero-order chi connectivity index (χ0) is 21.6. The Morgan fingerprint density at radius 1 is 1.29 bits per heavy atom. The number of hydrogen-bond acceptors (Lipinski definition) is 6.